The zero-order valence-corrected chi connectivity index (χ0v) is 17.7. The fourth-order valence-corrected chi connectivity index (χ4v) is 5.67. The number of rotatable bonds is 7. The number of aliphatic carboxylic acids is 1. The third kappa shape index (κ3) is 4.20. The smallest absolute Gasteiger partial charge is 0.353 e. The monoisotopic (exact) mass is 440 g/mol. The molecule has 1 amide bonds. The van der Waals surface area contributed by atoms with Gasteiger partial charge in [-0.3, -0.25) is 14.5 Å². The molecule has 0 unspecified atom stereocenters. The molecule has 1 aromatic rings. The third-order valence-electron chi connectivity index (χ3n) is 4.43. The summed E-state index contributed by atoms with van der Waals surface area (Å²) in [7, 11) is 1.70. The molecule has 2 N–H and O–H groups in total. The van der Waals surface area contributed by atoms with E-state index in [-0.39, 0.29) is 17.0 Å². The summed E-state index contributed by atoms with van der Waals surface area (Å²) >= 11 is 7.93. The molecular formula is C18H20N2O5S3. The molecule has 1 fully saturated rings. The van der Waals surface area contributed by atoms with Gasteiger partial charge in [-0.25, -0.2) is 9.86 Å². The van der Waals surface area contributed by atoms with E-state index in [9.17, 15) is 19.8 Å². The van der Waals surface area contributed by atoms with Crippen LogP contribution in [0.5, 0.6) is 0 Å². The Bertz CT molecular complexity index is 815. The first-order valence-electron chi connectivity index (χ1n) is 8.52. The van der Waals surface area contributed by atoms with Gasteiger partial charge in [-0.05, 0) is 12.5 Å². The lowest BCUT2D eigenvalue weighted by Gasteiger charge is -2.43. The quantitative estimate of drug-likeness (QED) is 0.376. The summed E-state index contributed by atoms with van der Waals surface area (Å²) in [6, 6.07) is 9.67. The third-order valence-corrected chi connectivity index (χ3v) is 7.52. The highest BCUT2D eigenvalue weighted by molar-refractivity contribution is 8.23. The van der Waals surface area contributed by atoms with Gasteiger partial charge in [0, 0.05) is 17.7 Å². The van der Waals surface area contributed by atoms with Crippen LogP contribution in [0, 0.1) is 5.92 Å². The van der Waals surface area contributed by atoms with Gasteiger partial charge >= 0.3 is 5.97 Å². The molecule has 150 valence electrons. The molecule has 0 aliphatic carbocycles. The van der Waals surface area contributed by atoms with Crippen molar-refractivity contribution in [2.24, 2.45) is 5.92 Å². The van der Waals surface area contributed by atoms with Crippen LogP contribution in [0.2, 0.25) is 0 Å². The van der Waals surface area contributed by atoms with E-state index in [2.05, 4.69) is 0 Å². The number of carboxylic acids is 1. The minimum absolute atomic E-state index is 0.0138. The predicted molar refractivity (Wildman–Crippen MR) is 112 cm³/mol. The normalized spacial score (nSPS) is 22.0. The summed E-state index contributed by atoms with van der Waals surface area (Å²) < 4.78 is 0.460. The van der Waals surface area contributed by atoms with Gasteiger partial charge in [0.25, 0.3) is 0 Å². The van der Waals surface area contributed by atoms with Gasteiger partial charge < -0.3 is 10.2 Å². The van der Waals surface area contributed by atoms with Crippen molar-refractivity contribution in [2.45, 2.75) is 25.0 Å². The van der Waals surface area contributed by atoms with Crippen LogP contribution < -0.4 is 0 Å². The standard InChI is InChI=1S/C18H20N2O5S3/c1-10(21)13-15(22)20-14(17(23)24)12(28-16(13)20)9-27-18(26)19(2)25-8-11-6-4-3-5-7-11/h3-7,10,13,16,21H,8-9H2,1-2H3,(H,23,24)/t10-,13+,16-/m1/s1. The van der Waals surface area contributed by atoms with E-state index in [1.165, 1.54) is 33.5 Å². The first kappa shape index (κ1) is 21.1. The largest absolute Gasteiger partial charge is 0.477 e. The van der Waals surface area contributed by atoms with Crippen LogP contribution in [0.4, 0.5) is 0 Å². The highest BCUT2D eigenvalue weighted by Gasteiger charge is 2.57. The summed E-state index contributed by atoms with van der Waals surface area (Å²) in [4.78, 5) is 31.3. The number of aliphatic hydroxyl groups is 1. The maximum Gasteiger partial charge on any atom is 0.353 e. The maximum absolute atomic E-state index is 12.2. The number of fused-ring (bicyclic) bond motifs is 1. The van der Waals surface area contributed by atoms with E-state index in [4.69, 9.17) is 17.1 Å². The van der Waals surface area contributed by atoms with Gasteiger partial charge in [-0.15, -0.1) is 11.8 Å². The zero-order valence-electron chi connectivity index (χ0n) is 15.3. The number of hydrogen-bond donors (Lipinski definition) is 2. The molecule has 2 heterocycles. The number of hydrogen-bond acceptors (Lipinski definition) is 7. The molecule has 1 saturated heterocycles. The van der Waals surface area contributed by atoms with E-state index in [1.54, 1.807) is 14.0 Å². The minimum atomic E-state index is -1.15. The van der Waals surface area contributed by atoms with E-state index in [0.29, 0.717) is 21.6 Å². The number of amides is 1. The van der Waals surface area contributed by atoms with Gasteiger partial charge in [-0.2, -0.15) is 0 Å². The number of carbonyl (C=O) groups excluding carboxylic acids is 1. The van der Waals surface area contributed by atoms with Crippen molar-refractivity contribution in [3.05, 3.63) is 46.5 Å². The molecule has 2 aliphatic heterocycles. The molecule has 0 spiro atoms. The molecule has 0 saturated carbocycles. The average Bonchev–Trinajstić information content (AvgIpc) is 2.99. The Morgan fingerprint density at radius 2 is 2.11 bits per heavy atom. The Hall–Kier alpha value is -1.59. The van der Waals surface area contributed by atoms with E-state index in [1.807, 2.05) is 30.3 Å². The molecule has 3 rings (SSSR count). The fraction of sp³-hybridized carbons (Fsp3) is 0.389. The number of β-lactam (4-membered cyclic amide) rings is 1. The summed E-state index contributed by atoms with van der Waals surface area (Å²) in [6.45, 7) is 1.91. The SMILES string of the molecule is C[C@@H](O)[C@H]1C(=O)N2C(C(=O)O)=C(CSC(=S)N(C)OCc3ccccc3)S[C@H]12. The fourth-order valence-electron chi connectivity index (χ4n) is 2.97. The molecule has 10 heteroatoms. The van der Waals surface area contributed by atoms with Crippen molar-refractivity contribution in [3.8, 4) is 0 Å². The first-order valence-corrected chi connectivity index (χ1v) is 10.8. The maximum atomic E-state index is 12.2. The lowest BCUT2D eigenvalue weighted by atomic mass is 9.92. The number of carbonyl (C=O) groups is 2. The van der Waals surface area contributed by atoms with Crippen molar-refractivity contribution in [2.75, 3.05) is 12.8 Å². The van der Waals surface area contributed by atoms with Gasteiger partial charge in [0.2, 0.25) is 5.91 Å². The Kier molecular flexibility index (Phi) is 6.66. The lowest BCUT2D eigenvalue weighted by molar-refractivity contribution is -0.156. The van der Waals surface area contributed by atoms with E-state index in [0.717, 1.165) is 5.56 Å². The summed E-state index contributed by atoms with van der Waals surface area (Å²) in [5.41, 5.74) is 0.997. The highest BCUT2D eigenvalue weighted by atomic mass is 32.2. The first-order chi connectivity index (χ1) is 13.3. The van der Waals surface area contributed by atoms with Crippen LogP contribution >= 0.6 is 35.7 Å². The van der Waals surface area contributed by atoms with Crippen molar-refractivity contribution < 1.29 is 24.6 Å². The van der Waals surface area contributed by atoms with Crippen LogP contribution in [0.3, 0.4) is 0 Å². The van der Waals surface area contributed by atoms with Crippen molar-refractivity contribution in [3.63, 3.8) is 0 Å². The topological polar surface area (TPSA) is 90.3 Å². The number of benzene rings is 1. The van der Waals surface area contributed by atoms with Crippen LogP contribution in [-0.2, 0) is 21.0 Å². The Balaban J connectivity index is 1.58. The van der Waals surface area contributed by atoms with Crippen LogP contribution in [0.1, 0.15) is 12.5 Å². The molecule has 7 nitrogen and oxygen atoms in total. The molecule has 0 aromatic heterocycles. The Morgan fingerprint density at radius 1 is 1.43 bits per heavy atom. The second kappa shape index (κ2) is 8.83. The highest BCUT2D eigenvalue weighted by Crippen LogP contribution is 2.51. The molecular weight excluding hydrogens is 420 g/mol. The number of nitrogens with zero attached hydrogens (tertiary/aromatic N) is 2. The molecule has 0 radical (unpaired) electrons. The van der Waals surface area contributed by atoms with Crippen molar-refractivity contribution in [1.29, 1.82) is 0 Å². The lowest BCUT2D eigenvalue weighted by Crippen LogP contribution is -2.60. The summed E-state index contributed by atoms with van der Waals surface area (Å²) in [6.07, 6.45) is -0.818. The summed E-state index contributed by atoms with van der Waals surface area (Å²) in [5, 5.41) is 20.4. The Labute approximate surface area is 176 Å². The Morgan fingerprint density at radius 3 is 2.71 bits per heavy atom. The number of carboxylic acid groups (broad SMARTS) is 1. The molecule has 0 bridgehead atoms. The van der Waals surface area contributed by atoms with Crippen LogP contribution in [-0.4, -0.2) is 60.7 Å². The molecule has 1 aromatic carbocycles. The second-order valence-corrected chi connectivity index (χ2v) is 9.19. The second-order valence-electron chi connectivity index (χ2n) is 6.37. The molecule has 2 aliphatic rings. The summed E-state index contributed by atoms with van der Waals surface area (Å²) in [5.74, 6) is -1.76. The van der Waals surface area contributed by atoms with E-state index < -0.39 is 18.0 Å². The number of hydroxylamine groups is 2. The van der Waals surface area contributed by atoms with Gasteiger partial charge in [0.05, 0.1) is 18.6 Å². The predicted octanol–water partition coefficient (Wildman–Crippen LogP) is 2.28. The van der Waals surface area contributed by atoms with Crippen LogP contribution in [0.15, 0.2) is 40.9 Å². The van der Waals surface area contributed by atoms with Crippen LogP contribution in [0.25, 0.3) is 0 Å². The van der Waals surface area contributed by atoms with Gasteiger partial charge in [0.1, 0.15) is 11.1 Å². The van der Waals surface area contributed by atoms with Crippen molar-refractivity contribution in [1.82, 2.24) is 9.96 Å². The zero-order chi connectivity index (χ0) is 20.4. The minimum Gasteiger partial charge on any atom is -0.477 e. The van der Waals surface area contributed by atoms with Crippen molar-refractivity contribution >= 4 is 51.9 Å². The average molecular weight is 441 g/mol. The number of aliphatic hydroxyl groups excluding tert-OH is 1. The van der Waals surface area contributed by atoms with E-state index >= 15 is 0 Å². The molecule has 3 atom stereocenters. The van der Waals surface area contributed by atoms with Gasteiger partial charge in [-0.1, -0.05) is 54.3 Å². The van der Waals surface area contributed by atoms with Gasteiger partial charge in [0.15, 0.2) is 4.32 Å². The molecule has 28 heavy (non-hydrogen) atoms. The number of thiocarbonyl (C=S) groups is 1. The number of thioether (sulfide) groups is 2.